The molecule has 0 spiro atoms. The maximum absolute atomic E-state index is 12.9. The summed E-state index contributed by atoms with van der Waals surface area (Å²) in [4.78, 5) is 15.3. The summed E-state index contributed by atoms with van der Waals surface area (Å²) in [6.07, 6.45) is 0. The molecule has 0 bridgehead atoms. The van der Waals surface area contributed by atoms with Gasteiger partial charge >= 0.3 is 0 Å². The maximum atomic E-state index is 12.9. The molecule has 1 fully saturated rings. The van der Waals surface area contributed by atoms with Crippen molar-refractivity contribution >= 4 is 5.91 Å². The van der Waals surface area contributed by atoms with E-state index in [0.717, 1.165) is 32.7 Å². The largest absolute Gasteiger partial charge is 0.492 e. The van der Waals surface area contributed by atoms with E-state index < -0.39 is 0 Å². The smallest absolute Gasteiger partial charge is 0.219 e. The normalized spacial score (nSPS) is 16.4. The molecule has 19 heavy (non-hydrogen) atoms. The van der Waals surface area contributed by atoms with Crippen LogP contribution in [0.4, 0.5) is 4.39 Å². The molecule has 1 aromatic carbocycles. The Hall–Kier alpha value is -1.62. The summed E-state index contributed by atoms with van der Waals surface area (Å²) in [6, 6.07) is 6.16. The average Bonchev–Trinajstić information content (AvgIpc) is 2.39. The third-order valence-electron chi connectivity index (χ3n) is 3.29. The highest BCUT2D eigenvalue weighted by Gasteiger charge is 2.17. The Morgan fingerprint density at radius 3 is 2.68 bits per heavy atom. The van der Waals surface area contributed by atoms with E-state index >= 15 is 0 Å². The van der Waals surface area contributed by atoms with E-state index in [1.54, 1.807) is 19.1 Å². The van der Waals surface area contributed by atoms with Crippen molar-refractivity contribution in [2.75, 3.05) is 39.3 Å². The average molecular weight is 266 g/mol. The Morgan fingerprint density at radius 2 is 2.05 bits per heavy atom. The molecule has 0 radical (unpaired) electrons. The molecule has 1 saturated heterocycles. The van der Waals surface area contributed by atoms with Crippen LogP contribution in [-0.4, -0.2) is 55.0 Å². The molecule has 2 rings (SSSR count). The molecule has 1 aliphatic heterocycles. The zero-order valence-corrected chi connectivity index (χ0v) is 11.1. The summed E-state index contributed by atoms with van der Waals surface area (Å²) < 4.78 is 18.4. The molecular weight excluding hydrogens is 247 g/mol. The van der Waals surface area contributed by atoms with Crippen LogP contribution in [0.5, 0.6) is 5.75 Å². The quantitative estimate of drug-likeness (QED) is 0.825. The summed E-state index contributed by atoms with van der Waals surface area (Å²) in [5, 5.41) is 0. The lowest BCUT2D eigenvalue weighted by Crippen LogP contribution is -2.48. The Bertz CT molecular complexity index is 431. The SMILES string of the molecule is CC(=O)N1CCN(CCOc2cccc(F)c2)CC1. The number of nitrogens with zero attached hydrogens (tertiary/aromatic N) is 2. The summed E-state index contributed by atoms with van der Waals surface area (Å²) in [7, 11) is 0. The van der Waals surface area contributed by atoms with Crippen molar-refractivity contribution in [3.05, 3.63) is 30.1 Å². The molecule has 1 aliphatic rings. The highest BCUT2D eigenvalue weighted by Crippen LogP contribution is 2.12. The Balaban J connectivity index is 1.68. The fraction of sp³-hybridized carbons (Fsp3) is 0.500. The first-order valence-electron chi connectivity index (χ1n) is 6.51. The molecule has 104 valence electrons. The van der Waals surface area contributed by atoms with Crippen molar-refractivity contribution in [1.29, 1.82) is 0 Å². The second kappa shape index (κ2) is 6.52. The van der Waals surface area contributed by atoms with Gasteiger partial charge in [-0.25, -0.2) is 4.39 Å². The van der Waals surface area contributed by atoms with Gasteiger partial charge in [0.15, 0.2) is 0 Å². The first-order valence-corrected chi connectivity index (χ1v) is 6.51. The number of carbonyl (C=O) groups is 1. The van der Waals surface area contributed by atoms with Crippen LogP contribution >= 0.6 is 0 Å². The number of halogens is 1. The summed E-state index contributed by atoms with van der Waals surface area (Å²) in [6.45, 7) is 6.21. The lowest BCUT2D eigenvalue weighted by Gasteiger charge is -2.34. The zero-order chi connectivity index (χ0) is 13.7. The van der Waals surface area contributed by atoms with Crippen LogP contribution < -0.4 is 4.74 Å². The Labute approximate surface area is 112 Å². The van der Waals surface area contributed by atoms with Gasteiger partial charge in [-0.05, 0) is 12.1 Å². The molecule has 4 nitrogen and oxygen atoms in total. The molecule has 0 aromatic heterocycles. The van der Waals surface area contributed by atoms with Crippen LogP contribution in [0.1, 0.15) is 6.92 Å². The van der Waals surface area contributed by atoms with Gasteiger partial charge in [0.2, 0.25) is 5.91 Å². The minimum Gasteiger partial charge on any atom is -0.492 e. The van der Waals surface area contributed by atoms with Gasteiger partial charge in [-0.1, -0.05) is 6.07 Å². The van der Waals surface area contributed by atoms with Crippen LogP contribution in [0.25, 0.3) is 0 Å². The number of carbonyl (C=O) groups excluding carboxylic acids is 1. The van der Waals surface area contributed by atoms with Crippen molar-refractivity contribution in [2.45, 2.75) is 6.92 Å². The van der Waals surface area contributed by atoms with E-state index in [9.17, 15) is 9.18 Å². The predicted octanol–water partition coefficient (Wildman–Crippen LogP) is 1.37. The van der Waals surface area contributed by atoms with Gasteiger partial charge in [-0.3, -0.25) is 9.69 Å². The number of rotatable bonds is 4. The van der Waals surface area contributed by atoms with E-state index in [-0.39, 0.29) is 11.7 Å². The van der Waals surface area contributed by atoms with Crippen molar-refractivity contribution < 1.29 is 13.9 Å². The minimum absolute atomic E-state index is 0.135. The molecule has 1 aromatic rings. The van der Waals surface area contributed by atoms with Crippen LogP contribution in [-0.2, 0) is 4.79 Å². The van der Waals surface area contributed by atoms with Gasteiger partial charge in [0, 0.05) is 45.7 Å². The van der Waals surface area contributed by atoms with E-state index in [0.29, 0.717) is 12.4 Å². The molecule has 0 unspecified atom stereocenters. The van der Waals surface area contributed by atoms with E-state index in [2.05, 4.69) is 4.90 Å². The Morgan fingerprint density at radius 1 is 1.32 bits per heavy atom. The molecule has 0 saturated carbocycles. The first kappa shape index (κ1) is 13.8. The lowest BCUT2D eigenvalue weighted by atomic mass is 10.3. The van der Waals surface area contributed by atoms with Gasteiger partial charge in [0.05, 0.1) is 0 Å². The number of hydrogen-bond acceptors (Lipinski definition) is 3. The fourth-order valence-electron chi connectivity index (χ4n) is 2.14. The van der Waals surface area contributed by atoms with Gasteiger partial charge in [-0.15, -0.1) is 0 Å². The highest BCUT2D eigenvalue weighted by atomic mass is 19.1. The third kappa shape index (κ3) is 4.21. The van der Waals surface area contributed by atoms with Crippen LogP contribution in [0.15, 0.2) is 24.3 Å². The summed E-state index contributed by atoms with van der Waals surface area (Å²) in [5.74, 6) is 0.408. The van der Waals surface area contributed by atoms with E-state index in [1.807, 2.05) is 4.90 Å². The van der Waals surface area contributed by atoms with Crippen LogP contribution in [0.3, 0.4) is 0 Å². The fourth-order valence-corrected chi connectivity index (χ4v) is 2.14. The highest BCUT2D eigenvalue weighted by molar-refractivity contribution is 5.73. The van der Waals surface area contributed by atoms with E-state index in [4.69, 9.17) is 4.74 Å². The first-order chi connectivity index (χ1) is 9.15. The molecule has 0 atom stereocenters. The van der Waals surface area contributed by atoms with Gasteiger partial charge < -0.3 is 9.64 Å². The minimum atomic E-state index is -0.285. The summed E-state index contributed by atoms with van der Waals surface area (Å²) in [5.41, 5.74) is 0. The van der Waals surface area contributed by atoms with Crippen molar-refractivity contribution in [3.63, 3.8) is 0 Å². The Kier molecular flexibility index (Phi) is 4.74. The van der Waals surface area contributed by atoms with E-state index in [1.165, 1.54) is 12.1 Å². The predicted molar refractivity (Wildman–Crippen MR) is 70.6 cm³/mol. The topological polar surface area (TPSA) is 32.8 Å². The number of amides is 1. The van der Waals surface area contributed by atoms with Crippen molar-refractivity contribution in [1.82, 2.24) is 9.80 Å². The second-order valence-corrected chi connectivity index (χ2v) is 4.65. The molecular formula is C14H19FN2O2. The van der Waals surface area contributed by atoms with Crippen LogP contribution in [0.2, 0.25) is 0 Å². The van der Waals surface area contributed by atoms with Crippen molar-refractivity contribution in [2.24, 2.45) is 0 Å². The standard InChI is InChI=1S/C14H19FN2O2/c1-12(18)17-7-5-16(6-8-17)9-10-19-14-4-2-3-13(15)11-14/h2-4,11H,5-10H2,1H3. The second-order valence-electron chi connectivity index (χ2n) is 4.65. The molecule has 1 heterocycles. The number of ether oxygens (including phenoxy) is 1. The zero-order valence-electron chi connectivity index (χ0n) is 11.1. The van der Waals surface area contributed by atoms with Gasteiger partial charge in [-0.2, -0.15) is 0 Å². The lowest BCUT2D eigenvalue weighted by molar-refractivity contribution is -0.130. The number of benzene rings is 1. The van der Waals surface area contributed by atoms with Gasteiger partial charge in [0.1, 0.15) is 18.2 Å². The summed E-state index contributed by atoms with van der Waals surface area (Å²) >= 11 is 0. The number of hydrogen-bond donors (Lipinski definition) is 0. The van der Waals surface area contributed by atoms with Crippen molar-refractivity contribution in [3.8, 4) is 5.75 Å². The van der Waals surface area contributed by atoms with Crippen LogP contribution in [0, 0.1) is 5.82 Å². The van der Waals surface area contributed by atoms with Gasteiger partial charge in [0.25, 0.3) is 0 Å². The molecule has 0 aliphatic carbocycles. The number of piperazine rings is 1. The molecule has 1 amide bonds. The third-order valence-corrected chi connectivity index (χ3v) is 3.29. The maximum Gasteiger partial charge on any atom is 0.219 e. The molecule has 0 N–H and O–H groups in total. The monoisotopic (exact) mass is 266 g/mol. The molecule has 5 heteroatoms.